The maximum atomic E-state index is 10.4. The third kappa shape index (κ3) is 13.3. The van der Waals surface area contributed by atoms with Gasteiger partial charge in [-0.2, -0.15) is 0 Å². The van der Waals surface area contributed by atoms with Crippen LogP contribution < -0.4 is 11.1 Å². The number of halogens is 2. The lowest BCUT2D eigenvalue weighted by Gasteiger charge is -2.14. The molecule has 0 heterocycles. The highest BCUT2D eigenvalue weighted by atomic mass is 35.5. The first kappa shape index (κ1) is 19.8. The van der Waals surface area contributed by atoms with Crippen molar-refractivity contribution >= 4 is 36.7 Å². The third-order valence-electron chi connectivity index (χ3n) is 1.74. The molecule has 0 amide bonds. The van der Waals surface area contributed by atoms with E-state index in [4.69, 9.17) is 16.2 Å². The van der Waals surface area contributed by atoms with E-state index >= 15 is 0 Å². The molecule has 0 aliphatic rings. The van der Waals surface area contributed by atoms with Gasteiger partial charge in [0.15, 0.2) is 5.96 Å². The summed E-state index contributed by atoms with van der Waals surface area (Å²) in [6.45, 7) is 2.47. The number of hydrogen-bond donors (Lipinski definition) is 4. The lowest BCUT2D eigenvalue weighted by Crippen LogP contribution is -2.35. The van der Waals surface area contributed by atoms with Crippen LogP contribution in [-0.4, -0.2) is 23.6 Å². The monoisotopic (exact) mass is 259 g/mol. The van der Waals surface area contributed by atoms with Crippen LogP contribution in [0.25, 0.3) is 0 Å². The maximum absolute atomic E-state index is 10.4. The molecule has 0 bridgehead atoms. The number of rotatable bonds is 6. The molecule has 1 atom stereocenters. The van der Waals surface area contributed by atoms with Crippen LogP contribution in [0.5, 0.6) is 0 Å². The molecule has 0 fully saturated rings. The average molecular weight is 260 g/mol. The molecule has 5 N–H and O–H groups in total. The summed E-state index contributed by atoms with van der Waals surface area (Å²) in [4.78, 5) is 10.4. The summed E-state index contributed by atoms with van der Waals surface area (Å²) in [7, 11) is 0. The van der Waals surface area contributed by atoms with Gasteiger partial charge in [0.1, 0.15) is 0 Å². The molecule has 0 rings (SSSR count). The van der Waals surface area contributed by atoms with Gasteiger partial charge >= 0.3 is 5.97 Å². The topological polar surface area (TPSA) is 99.2 Å². The first-order chi connectivity index (χ1) is 6.06. The van der Waals surface area contributed by atoms with Crippen molar-refractivity contribution < 1.29 is 9.90 Å². The molecule has 0 aromatic rings. The maximum Gasteiger partial charge on any atom is 0.303 e. The van der Waals surface area contributed by atoms with Gasteiger partial charge in [0.05, 0.1) is 0 Å². The summed E-state index contributed by atoms with van der Waals surface area (Å²) in [5, 5.41) is 18.1. The lowest BCUT2D eigenvalue weighted by atomic mass is 10.00. The standard InChI is InChI=1S/C8H17N3O2.2ClH/c1-2-3-6(4-7(12)13)5-11-8(9)10;;/h6H,2-5H2,1H3,(H,12,13)(H4,9,10,11);2*1H. The van der Waals surface area contributed by atoms with E-state index in [0.717, 1.165) is 12.8 Å². The van der Waals surface area contributed by atoms with Gasteiger partial charge in [-0.05, 0) is 12.3 Å². The molecule has 0 aromatic heterocycles. The molecule has 0 aliphatic heterocycles. The molecule has 0 radical (unpaired) electrons. The molecule has 7 heteroatoms. The van der Waals surface area contributed by atoms with Gasteiger partial charge in [-0.15, -0.1) is 24.8 Å². The third-order valence-corrected chi connectivity index (χ3v) is 1.74. The molecular weight excluding hydrogens is 241 g/mol. The Labute approximate surface area is 102 Å². The van der Waals surface area contributed by atoms with Crippen LogP contribution in [0.3, 0.4) is 0 Å². The largest absolute Gasteiger partial charge is 0.481 e. The van der Waals surface area contributed by atoms with Gasteiger partial charge in [-0.1, -0.05) is 13.3 Å². The molecule has 1 unspecified atom stereocenters. The van der Waals surface area contributed by atoms with Crippen LogP contribution in [0.2, 0.25) is 0 Å². The van der Waals surface area contributed by atoms with Crippen LogP contribution in [-0.2, 0) is 4.79 Å². The van der Waals surface area contributed by atoms with Gasteiger partial charge in [0.25, 0.3) is 0 Å². The Kier molecular flexibility index (Phi) is 15.1. The molecule has 15 heavy (non-hydrogen) atoms. The van der Waals surface area contributed by atoms with Gasteiger partial charge in [0, 0.05) is 13.0 Å². The van der Waals surface area contributed by atoms with Crippen molar-refractivity contribution in [3.05, 3.63) is 0 Å². The molecule has 0 aromatic carbocycles. The zero-order valence-corrected chi connectivity index (χ0v) is 10.3. The molecule has 5 nitrogen and oxygen atoms in total. The summed E-state index contributed by atoms with van der Waals surface area (Å²) in [6, 6.07) is 0. The second-order valence-corrected chi connectivity index (χ2v) is 3.05. The summed E-state index contributed by atoms with van der Waals surface area (Å²) in [5.74, 6) is -0.846. The quantitative estimate of drug-likeness (QED) is 0.426. The average Bonchev–Trinajstić information content (AvgIpc) is 1.99. The Balaban J connectivity index is -0.000000720. The molecule has 0 aliphatic carbocycles. The second-order valence-electron chi connectivity index (χ2n) is 3.05. The number of aliphatic carboxylic acids is 1. The lowest BCUT2D eigenvalue weighted by molar-refractivity contribution is -0.138. The van der Waals surface area contributed by atoms with Crippen molar-refractivity contribution in [3.8, 4) is 0 Å². The molecular formula is C8H19Cl2N3O2. The first-order valence-electron chi connectivity index (χ1n) is 4.36. The Bertz CT molecular complexity index is 191. The highest BCUT2D eigenvalue weighted by Gasteiger charge is 2.11. The molecule has 92 valence electrons. The zero-order valence-electron chi connectivity index (χ0n) is 8.66. The second kappa shape index (κ2) is 11.4. The fourth-order valence-electron chi connectivity index (χ4n) is 1.19. The van der Waals surface area contributed by atoms with Gasteiger partial charge in [-0.3, -0.25) is 10.2 Å². The van der Waals surface area contributed by atoms with Crippen molar-refractivity contribution in [1.82, 2.24) is 5.32 Å². The Morgan fingerprint density at radius 2 is 2.07 bits per heavy atom. The highest BCUT2D eigenvalue weighted by molar-refractivity contribution is 5.85. The summed E-state index contributed by atoms with van der Waals surface area (Å²) in [6.07, 6.45) is 1.91. The van der Waals surface area contributed by atoms with Crippen LogP contribution in [0.4, 0.5) is 0 Å². The minimum Gasteiger partial charge on any atom is -0.481 e. The van der Waals surface area contributed by atoms with Crippen molar-refractivity contribution in [2.45, 2.75) is 26.2 Å². The number of carbonyl (C=O) groups is 1. The number of carboxylic acids is 1. The van der Waals surface area contributed by atoms with E-state index in [1.807, 2.05) is 6.92 Å². The fourth-order valence-corrected chi connectivity index (χ4v) is 1.19. The number of hydrogen-bond acceptors (Lipinski definition) is 2. The summed E-state index contributed by atoms with van der Waals surface area (Å²) < 4.78 is 0. The minimum atomic E-state index is -0.802. The number of nitrogens with one attached hydrogen (secondary N) is 2. The van der Waals surface area contributed by atoms with Crippen molar-refractivity contribution in [2.24, 2.45) is 11.7 Å². The fraction of sp³-hybridized carbons (Fsp3) is 0.750. The molecule has 0 saturated carbocycles. The first-order valence-corrected chi connectivity index (χ1v) is 4.36. The van der Waals surface area contributed by atoms with Crippen molar-refractivity contribution in [2.75, 3.05) is 6.54 Å². The van der Waals surface area contributed by atoms with Gasteiger partial charge in [0.2, 0.25) is 0 Å². The van der Waals surface area contributed by atoms with E-state index in [9.17, 15) is 4.79 Å². The smallest absolute Gasteiger partial charge is 0.303 e. The minimum absolute atomic E-state index is 0. The molecule has 0 saturated heterocycles. The van der Waals surface area contributed by atoms with Gasteiger partial charge < -0.3 is 16.2 Å². The predicted octanol–water partition coefficient (Wildman–Crippen LogP) is 1.20. The van der Waals surface area contributed by atoms with E-state index < -0.39 is 5.97 Å². The van der Waals surface area contributed by atoms with Gasteiger partial charge in [-0.25, -0.2) is 0 Å². The van der Waals surface area contributed by atoms with E-state index in [2.05, 4.69) is 5.32 Å². The number of nitrogens with two attached hydrogens (primary N) is 1. The van der Waals surface area contributed by atoms with E-state index in [0.29, 0.717) is 6.54 Å². The van der Waals surface area contributed by atoms with Crippen molar-refractivity contribution in [1.29, 1.82) is 5.41 Å². The van der Waals surface area contributed by atoms with Crippen LogP contribution in [0.15, 0.2) is 0 Å². The number of guanidine groups is 1. The Morgan fingerprint density at radius 3 is 2.40 bits per heavy atom. The highest BCUT2D eigenvalue weighted by Crippen LogP contribution is 2.09. The molecule has 0 spiro atoms. The van der Waals surface area contributed by atoms with E-state index in [1.54, 1.807) is 0 Å². The Hall–Kier alpha value is -0.680. The normalized spacial score (nSPS) is 10.5. The summed E-state index contributed by atoms with van der Waals surface area (Å²) in [5.41, 5.74) is 5.09. The zero-order chi connectivity index (χ0) is 10.3. The van der Waals surface area contributed by atoms with E-state index in [1.165, 1.54) is 0 Å². The van der Waals surface area contributed by atoms with Crippen LogP contribution in [0.1, 0.15) is 26.2 Å². The van der Waals surface area contributed by atoms with Crippen molar-refractivity contribution in [3.63, 3.8) is 0 Å². The number of carboxylic acid groups (broad SMARTS) is 1. The van der Waals surface area contributed by atoms with Crippen LogP contribution >= 0.6 is 24.8 Å². The predicted molar refractivity (Wildman–Crippen MR) is 65.1 cm³/mol. The summed E-state index contributed by atoms with van der Waals surface area (Å²) >= 11 is 0. The SMILES string of the molecule is CCCC(CNC(=N)N)CC(=O)O.Cl.Cl. The van der Waals surface area contributed by atoms with E-state index in [-0.39, 0.29) is 43.1 Å². The Morgan fingerprint density at radius 1 is 1.53 bits per heavy atom. The van der Waals surface area contributed by atoms with Crippen LogP contribution in [0, 0.1) is 11.3 Å².